The third-order valence-corrected chi connectivity index (χ3v) is 5.39. The molecule has 1 aliphatic rings. The average Bonchev–Trinajstić information content (AvgIpc) is 2.81. The summed E-state index contributed by atoms with van der Waals surface area (Å²) in [7, 11) is 1.56. The number of rotatable bonds is 6. The lowest BCUT2D eigenvalue weighted by molar-refractivity contribution is 0.0692. The number of fused-ring (bicyclic) bond motifs is 1. The molecule has 7 heteroatoms. The molecule has 0 aliphatic carbocycles. The number of aromatic nitrogens is 1. The molecular weight excluding hydrogens is 420 g/mol. The fourth-order valence-electron chi connectivity index (χ4n) is 3.77. The first kappa shape index (κ1) is 22.1. The highest BCUT2D eigenvalue weighted by atomic mass is 16.5. The largest absolute Gasteiger partial charge is 0.492 e. The van der Waals surface area contributed by atoms with Crippen molar-refractivity contribution in [1.29, 1.82) is 0 Å². The summed E-state index contributed by atoms with van der Waals surface area (Å²) in [4.78, 5) is 30.9. The Labute approximate surface area is 191 Å². The summed E-state index contributed by atoms with van der Waals surface area (Å²) >= 11 is 0. The van der Waals surface area contributed by atoms with Gasteiger partial charge in [0.1, 0.15) is 5.60 Å². The molecule has 0 bridgehead atoms. The minimum absolute atomic E-state index is 0.0609. The molecule has 168 valence electrons. The molecule has 0 spiro atoms. The molecule has 7 nitrogen and oxygen atoms in total. The Morgan fingerprint density at radius 2 is 1.76 bits per heavy atom. The number of anilines is 1. The molecule has 1 aliphatic heterocycles. The summed E-state index contributed by atoms with van der Waals surface area (Å²) in [5.41, 5.74) is 1.72. The van der Waals surface area contributed by atoms with Crippen LogP contribution in [0.5, 0.6) is 11.5 Å². The van der Waals surface area contributed by atoms with Crippen molar-refractivity contribution in [3.8, 4) is 11.5 Å². The van der Waals surface area contributed by atoms with Crippen LogP contribution in [0.25, 0.3) is 6.08 Å². The van der Waals surface area contributed by atoms with Gasteiger partial charge in [-0.25, -0.2) is 4.79 Å². The molecule has 33 heavy (non-hydrogen) atoms. The number of hydrogen-bond donors (Lipinski definition) is 1. The van der Waals surface area contributed by atoms with E-state index in [1.807, 2.05) is 38.1 Å². The normalized spacial score (nSPS) is 13.5. The van der Waals surface area contributed by atoms with Gasteiger partial charge in [0.2, 0.25) is 0 Å². The first-order valence-electron chi connectivity index (χ1n) is 10.4. The van der Waals surface area contributed by atoms with Gasteiger partial charge >= 0.3 is 5.97 Å². The quantitative estimate of drug-likeness (QED) is 0.586. The summed E-state index contributed by atoms with van der Waals surface area (Å²) in [6, 6.07) is 13.4. The standard InChI is InChI=1S/C26H24N2O5/c1-26(2)13-10-17-8-9-18(22(32-3)23(17)33-26)16-28(19-11-14-27-15-12-19)24(29)20-6-4-5-7-21(20)25(30)31/h4-15H,16H2,1-3H3,(H,30,31). The molecule has 0 radical (unpaired) electrons. The van der Waals surface area contributed by atoms with Crippen molar-refractivity contribution in [3.05, 3.63) is 89.3 Å². The Morgan fingerprint density at radius 1 is 1.06 bits per heavy atom. The second-order valence-electron chi connectivity index (χ2n) is 8.16. The summed E-state index contributed by atoms with van der Waals surface area (Å²) in [5, 5.41) is 9.60. The number of nitrogens with zero attached hydrogens (tertiary/aromatic N) is 2. The Bertz CT molecular complexity index is 1230. The number of aromatic carboxylic acids is 1. The Morgan fingerprint density at radius 3 is 2.42 bits per heavy atom. The van der Waals surface area contributed by atoms with Crippen molar-refractivity contribution >= 4 is 23.6 Å². The first-order chi connectivity index (χ1) is 15.8. The van der Waals surface area contributed by atoms with Crippen LogP contribution < -0.4 is 14.4 Å². The fourth-order valence-corrected chi connectivity index (χ4v) is 3.77. The number of carbonyl (C=O) groups is 2. The van der Waals surface area contributed by atoms with E-state index in [2.05, 4.69) is 4.98 Å². The number of amides is 1. The Hall–Kier alpha value is -4.13. The maximum Gasteiger partial charge on any atom is 0.336 e. The van der Waals surface area contributed by atoms with Crippen molar-refractivity contribution < 1.29 is 24.2 Å². The van der Waals surface area contributed by atoms with Gasteiger partial charge in [-0.05, 0) is 44.2 Å². The number of pyridine rings is 1. The predicted octanol–water partition coefficient (Wildman–Crippen LogP) is 4.82. The van der Waals surface area contributed by atoms with E-state index in [9.17, 15) is 14.7 Å². The average molecular weight is 444 g/mol. The van der Waals surface area contributed by atoms with Crippen LogP contribution in [-0.2, 0) is 6.54 Å². The highest BCUT2D eigenvalue weighted by molar-refractivity contribution is 6.11. The molecule has 1 aromatic heterocycles. The maximum atomic E-state index is 13.6. The van der Waals surface area contributed by atoms with E-state index < -0.39 is 17.5 Å². The number of ether oxygens (including phenoxy) is 2. The highest BCUT2D eigenvalue weighted by Crippen LogP contribution is 2.42. The minimum Gasteiger partial charge on any atom is -0.492 e. The topological polar surface area (TPSA) is 89.0 Å². The molecule has 0 saturated carbocycles. The number of carboxylic acids is 1. The molecule has 2 heterocycles. The number of benzene rings is 2. The van der Waals surface area contributed by atoms with Crippen molar-refractivity contribution in [2.24, 2.45) is 0 Å². The number of methoxy groups -OCH3 is 1. The first-order valence-corrected chi connectivity index (χ1v) is 10.4. The third-order valence-electron chi connectivity index (χ3n) is 5.39. The van der Waals surface area contributed by atoms with Gasteiger partial charge in [-0.2, -0.15) is 0 Å². The lowest BCUT2D eigenvalue weighted by Gasteiger charge is -2.31. The summed E-state index contributed by atoms with van der Waals surface area (Å²) in [6.45, 7) is 4.04. The summed E-state index contributed by atoms with van der Waals surface area (Å²) in [5.74, 6) is -0.471. The number of carboxylic acid groups (broad SMARTS) is 1. The number of hydrogen-bond acceptors (Lipinski definition) is 5. The van der Waals surface area contributed by atoms with Gasteiger partial charge in [0.05, 0.1) is 24.8 Å². The molecule has 0 saturated heterocycles. The third kappa shape index (κ3) is 4.43. The van der Waals surface area contributed by atoms with Crippen molar-refractivity contribution in [2.45, 2.75) is 26.0 Å². The van der Waals surface area contributed by atoms with Crippen LogP contribution in [0, 0.1) is 0 Å². The second-order valence-corrected chi connectivity index (χ2v) is 8.16. The summed E-state index contributed by atoms with van der Waals surface area (Å²) in [6.07, 6.45) is 7.13. The SMILES string of the molecule is COc1c(CN(C(=O)c2ccccc2C(=O)O)c2ccncc2)ccc2c1OC(C)(C)C=C2. The van der Waals surface area contributed by atoms with E-state index in [0.717, 1.165) is 11.1 Å². The lowest BCUT2D eigenvalue weighted by atomic mass is 9.99. The van der Waals surface area contributed by atoms with Gasteiger partial charge in [-0.3, -0.25) is 9.78 Å². The lowest BCUT2D eigenvalue weighted by Crippen LogP contribution is -2.32. The molecule has 0 unspecified atom stereocenters. The van der Waals surface area contributed by atoms with Crippen LogP contribution in [0.1, 0.15) is 45.7 Å². The Kier molecular flexibility index (Phi) is 5.87. The molecule has 0 fully saturated rings. The molecule has 0 atom stereocenters. The molecular formula is C26H24N2O5. The minimum atomic E-state index is -1.16. The molecule has 3 aromatic rings. The number of carbonyl (C=O) groups excluding carboxylic acids is 1. The van der Waals surface area contributed by atoms with Gasteiger partial charge in [0, 0.05) is 29.2 Å². The van der Waals surface area contributed by atoms with E-state index in [1.165, 1.54) is 17.0 Å². The van der Waals surface area contributed by atoms with Crippen LogP contribution in [0.15, 0.2) is 67.0 Å². The van der Waals surface area contributed by atoms with Gasteiger partial charge in [-0.15, -0.1) is 0 Å². The molecule has 1 N–H and O–H groups in total. The van der Waals surface area contributed by atoms with Crippen molar-refractivity contribution in [3.63, 3.8) is 0 Å². The molecule has 1 amide bonds. The van der Waals surface area contributed by atoms with E-state index in [-0.39, 0.29) is 17.7 Å². The zero-order chi connectivity index (χ0) is 23.6. The van der Waals surface area contributed by atoms with Crippen LogP contribution in [0.4, 0.5) is 5.69 Å². The fraction of sp³-hybridized carbons (Fsp3) is 0.192. The van der Waals surface area contributed by atoms with Gasteiger partial charge in [-0.1, -0.05) is 30.3 Å². The molecule has 4 rings (SSSR count). The van der Waals surface area contributed by atoms with Crippen LogP contribution in [0.2, 0.25) is 0 Å². The van der Waals surface area contributed by atoms with Gasteiger partial charge < -0.3 is 19.5 Å². The maximum absolute atomic E-state index is 13.6. The van der Waals surface area contributed by atoms with Crippen LogP contribution in [0.3, 0.4) is 0 Å². The van der Waals surface area contributed by atoms with E-state index in [4.69, 9.17) is 9.47 Å². The predicted molar refractivity (Wildman–Crippen MR) is 125 cm³/mol. The van der Waals surface area contributed by atoms with Crippen molar-refractivity contribution in [1.82, 2.24) is 4.98 Å². The van der Waals surface area contributed by atoms with E-state index in [1.54, 1.807) is 43.8 Å². The van der Waals surface area contributed by atoms with Crippen LogP contribution >= 0.6 is 0 Å². The zero-order valence-corrected chi connectivity index (χ0v) is 18.6. The van der Waals surface area contributed by atoms with E-state index >= 15 is 0 Å². The van der Waals surface area contributed by atoms with Crippen LogP contribution in [-0.4, -0.2) is 34.7 Å². The Balaban J connectivity index is 1.80. The monoisotopic (exact) mass is 444 g/mol. The smallest absolute Gasteiger partial charge is 0.336 e. The van der Waals surface area contributed by atoms with Gasteiger partial charge in [0.25, 0.3) is 5.91 Å². The zero-order valence-electron chi connectivity index (χ0n) is 18.6. The summed E-state index contributed by atoms with van der Waals surface area (Å²) < 4.78 is 11.9. The van der Waals surface area contributed by atoms with E-state index in [0.29, 0.717) is 17.2 Å². The highest BCUT2D eigenvalue weighted by Gasteiger charge is 2.28. The van der Waals surface area contributed by atoms with Gasteiger partial charge in [0.15, 0.2) is 11.5 Å². The second kappa shape index (κ2) is 8.78. The molecule has 2 aromatic carbocycles. The van der Waals surface area contributed by atoms with Crippen molar-refractivity contribution in [2.75, 3.05) is 12.0 Å².